The first-order valence-corrected chi connectivity index (χ1v) is 10.5. The van der Waals surface area contributed by atoms with E-state index in [2.05, 4.69) is 0 Å². The minimum absolute atomic E-state index is 0.0875. The molecular formula is C12H5Cl5O2S3. The Morgan fingerprint density at radius 1 is 0.818 bits per heavy atom. The van der Waals surface area contributed by atoms with Crippen LogP contribution in [-0.2, 0) is 11.1 Å². The maximum absolute atomic E-state index is 11.3. The molecule has 1 N–H and O–H groups in total. The number of benzene rings is 2. The minimum Gasteiger partial charge on any atom is -0.302 e. The van der Waals surface area contributed by atoms with E-state index in [9.17, 15) is 8.76 Å². The number of hydrogen-bond donors (Lipinski definition) is 1. The lowest BCUT2D eigenvalue weighted by atomic mass is 10.3. The summed E-state index contributed by atoms with van der Waals surface area (Å²) in [7, 11) is 2.39. The van der Waals surface area contributed by atoms with Gasteiger partial charge >= 0.3 is 0 Å². The van der Waals surface area contributed by atoms with Crippen molar-refractivity contribution in [3.8, 4) is 0 Å². The first kappa shape index (κ1) is 19.0. The fourth-order valence-corrected chi connectivity index (χ4v) is 6.36. The molecule has 118 valence electrons. The molecule has 0 amide bonds. The summed E-state index contributed by atoms with van der Waals surface area (Å²) < 4.78 is 20.6. The second kappa shape index (κ2) is 8.19. The van der Waals surface area contributed by atoms with Crippen molar-refractivity contribution in [2.24, 2.45) is 0 Å². The van der Waals surface area contributed by atoms with Crippen molar-refractivity contribution in [3.05, 3.63) is 49.4 Å². The topological polar surface area (TPSA) is 37.3 Å². The summed E-state index contributed by atoms with van der Waals surface area (Å²) in [4.78, 5) is 1.33. The average Bonchev–Trinajstić information content (AvgIpc) is 2.51. The molecule has 2 aromatic carbocycles. The maximum atomic E-state index is 11.3. The Kier molecular flexibility index (Phi) is 7.08. The summed E-state index contributed by atoms with van der Waals surface area (Å²) in [6.07, 6.45) is 0. The van der Waals surface area contributed by atoms with Crippen molar-refractivity contribution < 1.29 is 8.76 Å². The Labute approximate surface area is 162 Å². The monoisotopic (exact) mass is 452 g/mol. The summed E-state index contributed by atoms with van der Waals surface area (Å²) in [6, 6.07) is 6.70. The average molecular weight is 455 g/mol. The second-order valence-electron chi connectivity index (χ2n) is 3.76. The van der Waals surface area contributed by atoms with Gasteiger partial charge in [0.05, 0.1) is 34.9 Å². The number of halogens is 5. The van der Waals surface area contributed by atoms with Crippen molar-refractivity contribution in [2.75, 3.05) is 0 Å². The molecular weight excluding hydrogens is 450 g/mol. The lowest BCUT2D eigenvalue weighted by Gasteiger charge is -2.12. The Balaban J connectivity index is 2.36. The fraction of sp³-hybridized carbons (Fsp3) is 0. The molecule has 2 nitrogen and oxygen atoms in total. The molecule has 0 saturated heterocycles. The molecule has 0 aliphatic rings. The predicted molar refractivity (Wildman–Crippen MR) is 98.7 cm³/mol. The van der Waals surface area contributed by atoms with E-state index in [4.69, 9.17) is 58.0 Å². The summed E-state index contributed by atoms with van der Waals surface area (Å²) in [6.45, 7) is 0. The van der Waals surface area contributed by atoms with Gasteiger partial charge in [-0.05, 0) is 22.9 Å². The zero-order valence-corrected chi connectivity index (χ0v) is 16.5. The van der Waals surface area contributed by atoms with E-state index >= 15 is 0 Å². The summed E-state index contributed by atoms with van der Waals surface area (Å²) in [5.41, 5.74) is 0. The van der Waals surface area contributed by atoms with Gasteiger partial charge in [0, 0.05) is 4.90 Å². The summed E-state index contributed by atoms with van der Waals surface area (Å²) in [5.74, 6) is 0. The highest BCUT2D eigenvalue weighted by atomic mass is 35.5. The minimum atomic E-state index is -2.09. The molecule has 1 unspecified atom stereocenters. The van der Waals surface area contributed by atoms with Gasteiger partial charge in [-0.1, -0.05) is 80.9 Å². The van der Waals surface area contributed by atoms with Crippen molar-refractivity contribution >= 4 is 90.7 Å². The first-order chi connectivity index (χ1) is 10.3. The highest BCUT2D eigenvalue weighted by Gasteiger charge is 2.20. The molecule has 0 spiro atoms. The van der Waals surface area contributed by atoms with E-state index < -0.39 is 11.1 Å². The van der Waals surface area contributed by atoms with Gasteiger partial charge in [-0.2, -0.15) is 0 Å². The molecule has 1 atom stereocenters. The van der Waals surface area contributed by atoms with Gasteiger partial charge in [0.2, 0.25) is 0 Å². The second-order valence-corrected chi connectivity index (χ2v) is 8.77. The van der Waals surface area contributed by atoms with Crippen LogP contribution in [0.1, 0.15) is 0 Å². The largest absolute Gasteiger partial charge is 0.302 e. The van der Waals surface area contributed by atoms with Gasteiger partial charge in [-0.3, -0.25) is 0 Å². The van der Waals surface area contributed by atoms with E-state index in [1.54, 1.807) is 24.3 Å². The third-order valence-corrected chi connectivity index (χ3v) is 8.27. The first-order valence-electron chi connectivity index (χ1n) is 5.40. The van der Waals surface area contributed by atoms with Gasteiger partial charge in [0.1, 0.15) is 0 Å². The van der Waals surface area contributed by atoms with Crippen LogP contribution < -0.4 is 0 Å². The Hall–Kier alpha value is 0.700. The highest BCUT2D eigenvalue weighted by molar-refractivity contribution is 8.76. The smallest absolute Gasteiger partial charge is 0.187 e. The SMILES string of the molecule is O=S(O)c1ccccc1SSc1c(Cl)c(Cl)c(Cl)c(Cl)c1Cl. The zero-order valence-electron chi connectivity index (χ0n) is 10.3. The van der Waals surface area contributed by atoms with Crippen LogP contribution in [0, 0.1) is 0 Å². The van der Waals surface area contributed by atoms with E-state index in [0.717, 1.165) is 0 Å². The van der Waals surface area contributed by atoms with Crippen LogP contribution in [0.2, 0.25) is 25.1 Å². The molecule has 0 aliphatic carbocycles. The van der Waals surface area contributed by atoms with Gasteiger partial charge in [0.15, 0.2) is 11.1 Å². The van der Waals surface area contributed by atoms with Crippen LogP contribution in [0.25, 0.3) is 0 Å². The van der Waals surface area contributed by atoms with E-state index in [-0.39, 0.29) is 25.1 Å². The zero-order chi connectivity index (χ0) is 16.4. The third-order valence-electron chi connectivity index (χ3n) is 2.42. The van der Waals surface area contributed by atoms with Crippen molar-refractivity contribution in [1.29, 1.82) is 0 Å². The Morgan fingerprint density at radius 2 is 1.32 bits per heavy atom. The number of hydrogen-bond acceptors (Lipinski definition) is 3. The van der Waals surface area contributed by atoms with E-state index in [1.807, 2.05) is 0 Å². The van der Waals surface area contributed by atoms with Crippen LogP contribution in [0.3, 0.4) is 0 Å². The van der Waals surface area contributed by atoms with Crippen molar-refractivity contribution in [3.63, 3.8) is 0 Å². The van der Waals surface area contributed by atoms with Crippen LogP contribution >= 0.6 is 79.6 Å². The predicted octanol–water partition coefficient (Wildman–Crippen LogP) is 7.33. The molecule has 10 heteroatoms. The summed E-state index contributed by atoms with van der Waals surface area (Å²) in [5, 5.41) is 0.673. The lowest BCUT2D eigenvalue weighted by Crippen LogP contribution is -1.90. The molecule has 0 heterocycles. The van der Waals surface area contributed by atoms with Crippen LogP contribution in [0.5, 0.6) is 0 Å². The molecule has 0 aromatic heterocycles. The lowest BCUT2D eigenvalue weighted by molar-refractivity contribution is 0.562. The Bertz CT molecular complexity index is 725. The molecule has 0 radical (unpaired) electrons. The van der Waals surface area contributed by atoms with Gasteiger partial charge < -0.3 is 4.55 Å². The number of rotatable bonds is 4. The fourth-order valence-electron chi connectivity index (χ4n) is 1.41. The van der Waals surface area contributed by atoms with Crippen molar-refractivity contribution in [2.45, 2.75) is 14.7 Å². The molecule has 22 heavy (non-hydrogen) atoms. The summed E-state index contributed by atoms with van der Waals surface area (Å²) >= 11 is 28.1. The standard InChI is InChI=1S/C12H5Cl5O2S3/c13-7-8(14)10(16)12(11(17)9(7)15)21-20-5-3-1-2-4-6(5)22(18)19/h1-4H,(H,18,19). The normalized spacial score (nSPS) is 12.5. The highest BCUT2D eigenvalue weighted by Crippen LogP contribution is 2.52. The molecule has 2 aromatic rings. The van der Waals surface area contributed by atoms with E-state index in [0.29, 0.717) is 14.7 Å². The van der Waals surface area contributed by atoms with Crippen LogP contribution in [0.15, 0.2) is 39.0 Å². The van der Waals surface area contributed by atoms with Crippen LogP contribution in [-0.4, -0.2) is 8.76 Å². The molecule has 2 rings (SSSR count). The van der Waals surface area contributed by atoms with E-state index in [1.165, 1.54) is 21.6 Å². The van der Waals surface area contributed by atoms with Crippen molar-refractivity contribution in [1.82, 2.24) is 0 Å². The van der Waals surface area contributed by atoms with Crippen LogP contribution in [0.4, 0.5) is 0 Å². The maximum Gasteiger partial charge on any atom is 0.187 e. The van der Waals surface area contributed by atoms with Gasteiger partial charge in [-0.15, -0.1) is 0 Å². The third kappa shape index (κ3) is 4.02. The van der Waals surface area contributed by atoms with Gasteiger partial charge in [-0.25, -0.2) is 4.21 Å². The molecule has 0 aliphatic heterocycles. The molecule has 0 bridgehead atoms. The molecule has 0 fully saturated rings. The molecule has 0 saturated carbocycles. The quantitative estimate of drug-likeness (QED) is 0.227. The Morgan fingerprint density at radius 3 is 1.86 bits per heavy atom. The van der Waals surface area contributed by atoms with Gasteiger partial charge in [0.25, 0.3) is 0 Å².